The molecule has 0 saturated heterocycles. The van der Waals surface area contributed by atoms with E-state index in [2.05, 4.69) is 54.0 Å². The number of hydrogen-bond acceptors (Lipinski definition) is 3. The first-order chi connectivity index (χ1) is 9.10. The van der Waals surface area contributed by atoms with Crippen molar-refractivity contribution in [2.75, 3.05) is 5.32 Å². The Morgan fingerprint density at radius 1 is 1.37 bits per heavy atom. The Kier molecular flexibility index (Phi) is 4.64. The Hall–Kier alpha value is -1.29. The van der Waals surface area contributed by atoms with E-state index in [4.69, 9.17) is 0 Å². The van der Waals surface area contributed by atoms with Gasteiger partial charge in [0.2, 0.25) is 5.95 Å². The van der Waals surface area contributed by atoms with Gasteiger partial charge in [0.1, 0.15) is 0 Å². The maximum absolute atomic E-state index is 4.59. The summed E-state index contributed by atoms with van der Waals surface area (Å²) in [5.74, 6) is 0.990. The zero-order valence-electron chi connectivity index (χ0n) is 12.2. The lowest BCUT2D eigenvalue weighted by Gasteiger charge is -2.14. The number of hydrogen-bond donors (Lipinski definition) is 1. The lowest BCUT2D eigenvalue weighted by molar-refractivity contribution is 0.631. The number of unbranched alkanes of at least 4 members (excludes halogenated alkanes) is 1. The summed E-state index contributed by atoms with van der Waals surface area (Å²) in [6.45, 7) is 9.64. The van der Waals surface area contributed by atoms with E-state index in [9.17, 15) is 0 Å². The Bertz CT molecular complexity index is 527. The van der Waals surface area contributed by atoms with Crippen molar-refractivity contribution in [3.8, 4) is 0 Å². The fourth-order valence-electron chi connectivity index (χ4n) is 2.11. The third-order valence-electron chi connectivity index (χ3n) is 3.18. The minimum Gasteiger partial charge on any atom is -0.348 e. The Morgan fingerprint density at radius 2 is 2.16 bits per heavy atom. The summed E-state index contributed by atoms with van der Waals surface area (Å²) in [7, 11) is 0. The number of anilines is 1. The lowest BCUT2D eigenvalue weighted by Crippen LogP contribution is -2.10. The van der Waals surface area contributed by atoms with Crippen LogP contribution in [0.15, 0.2) is 18.3 Å². The summed E-state index contributed by atoms with van der Waals surface area (Å²) in [4.78, 5) is 7.31. The van der Waals surface area contributed by atoms with Crippen LogP contribution in [0.3, 0.4) is 0 Å². The van der Waals surface area contributed by atoms with E-state index >= 15 is 0 Å². The number of aromatic nitrogens is 2. The van der Waals surface area contributed by atoms with Gasteiger partial charge in [0.05, 0.1) is 11.7 Å². The summed E-state index contributed by atoms with van der Waals surface area (Å²) in [6, 6.07) is 4.68. The average molecular weight is 277 g/mol. The van der Waals surface area contributed by atoms with Crippen molar-refractivity contribution in [1.82, 2.24) is 9.55 Å². The van der Waals surface area contributed by atoms with Crippen LogP contribution in [-0.4, -0.2) is 9.55 Å². The van der Waals surface area contributed by atoms with E-state index in [1.807, 2.05) is 18.3 Å². The van der Waals surface area contributed by atoms with E-state index in [-0.39, 0.29) is 0 Å². The van der Waals surface area contributed by atoms with Gasteiger partial charge < -0.3 is 9.88 Å². The minimum absolute atomic E-state index is 0.306. The third kappa shape index (κ3) is 3.60. The Morgan fingerprint density at radius 3 is 2.79 bits per heavy atom. The van der Waals surface area contributed by atoms with Crippen LogP contribution in [0, 0.1) is 13.8 Å². The molecule has 4 heteroatoms. The molecule has 3 nitrogen and oxygen atoms in total. The Labute approximate surface area is 119 Å². The number of imidazole rings is 1. The van der Waals surface area contributed by atoms with Crippen LogP contribution in [0.25, 0.3) is 0 Å². The van der Waals surface area contributed by atoms with Crippen molar-refractivity contribution in [2.45, 2.75) is 53.1 Å². The van der Waals surface area contributed by atoms with Gasteiger partial charge >= 0.3 is 0 Å². The predicted octanol–water partition coefficient (Wildman–Crippen LogP) is 4.53. The number of rotatable bonds is 6. The highest BCUT2D eigenvalue weighted by molar-refractivity contribution is 7.12. The molecule has 0 aliphatic heterocycles. The zero-order chi connectivity index (χ0) is 13.8. The second-order valence-electron chi connectivity index (χ2n) is 5.07. The van der Waals surface area contributed by atoms with Gasteiger partial charge in [0.25, 0.3) is 0 Å². The molecule has 0 aliphatic rings. The number of thiophene rings is 1. The summed E-state index contributed by atoms with van der Waals surface area (Å²) in [5, 5.41) is 3.53. The van der Waals surface area contributed by atoms with Crippen LogP contribution in [0.5, 0.6) is 0 Å². The minimum atomic E-state index is 0.306. The molecular weight excluding hydrogens is 254 g/mol. The molecule has 2 rings (SSSR count). The molecule has 2 heterocycles. The van der Waals surface area contributed by atoms with Crippen LogP contribution >= 0.6 is 11.3 Å². The molecular formula is C15H23N3S. The van der Waals surface area contributed by atoms with Gasteiger partial charge in [-0.3, -0.25) is 0 Å². The second-order valence-corrected chi connectivity index (χ2v) is 6.39. The third-order valence-corrected chi connectivity index (χ3v) is 4.37. The summed E-state index contributed by atoms with van der Waals surface area (Å²) in [6.07, 6.45) is 4.53. The Balaban J connectivity index is 2.09. The first kappa shape index (κ1) is 14.1. The predicted molar refractivity (Wildman–Crippen MR) is 83.0 cm³/mol. The molecule has 0 radical (unpaired) electrons. The largest absolute Gasteiger partial charge is 0.348 e. The molecule has 1 atom stereocenters. The van der Waals surface area contributed by atoms with Crippen molar-refractivity contribution in [3.63, 3.8) is 0 Å². The molecule has 2 aromatic heterocycles. The second kappa shape index (κ2) is 6.24. The van der Waals surface area contributed by atoms with E-state index in [1.54, 1.807) is 0 Å². The maximum atomic E-state index is 4.59. The van der Waals surface area contributed by atoms with Crippen LogP contribution < -0.4 is 5.32 Å². The van der Waals surface area contributed by atoms with Crippen molar-refractivity contribution in [2.24, 2.45) is 0 Å². The highest BCUT2D eigenvalue weighted by atomic mass is 32.1. The summed E-state index contributed by atoms with van der Waals surface area (Å²) >= 11 is 1.85. The van der Waals surface area contributed by atoms with E-state index in [0.717, 1.165) is 18.2 Å². The van der Waals surface area contributed by atoms with Gasteiger partial charge in [0, 0.05) is 22.5 Å². The zero-order valence-corrected chi connectivity index (χ0v) is 13.0. The quantitative estimate of drug-likeness (QED) is 0.840. The SMILES string of the molecule is CCCCn1cc(C)nc1NC(C)c1ccc(C)s1. The summed E-state index contributed by atoms with van der Waals surface area (Å²) in [5.41, 5.74) is 1.08. The molecule has 2 aromatic rings. The van der Waals surface area contributed by atoms with Gasteiger partial charge in [-0.15, -0.1) is 11.3 Å². The average Bonchev–Trinajstić information content (AvgIpc) is 2.93. The van der Waals surface area contributed by atoms with Crippen LogP contribution in [0.2, 0.25) is 0 Å². The molecule has 104 valence electrons. The normalized spacial score (nSPS) is 12.6. The molecule has 1 unspecified atom stereocenters. The molecule has 0 aliphatic carbocycles. The molecule has 0 saturated carbocycles. The molecule has 0 fully saturated rings. The van der Waals surface area contributed by atoms with Crippen molar-refractivity contribution >= 4 is 17.3 Å². The van der Waals surface area contributed by atoms with Crippen LogP contribution in [0.4, 0.5) is 5.95 Å². The van der Waals surface area contributed by atoms with Gasteiger partial charge in [0.15, 0.2) is 0 Å². The maximum Gasteiger partial charge on any atom is 0.203 e. The van der Waals surface area contributed by atoms with Crippen molar-refractivity contribution in [1.29, 1.82) is 0 Å². The van der Waals surface area contributed by atoms with Crippen LogP contribution in [-0.2, 0) is 6.54 Å². The fraction of sp³-hybridized carbons (Fsp3) is 0.533. The van der Waals surface area contributed by atoms with Gasteiger partial charge in [-0.1, -0.05) is 13.3 Å². The number of aryl methyl sites for hydroxylation is 3. The summed E-state index contributed by atoms with van der Waals surface area (Å²) < 4.78 is 2.23. The molecule has 19 heavy (non-hydrogen) atoms. The molecule has 0 aromatic carbocycles. The molecule has 0 amide bonds. The van der Waals surface area contributed by atoms with Gasteiger partial charge in [-0.25, -0.2) is 4.98 Å². The molecule has 0 bridgehead atoms. The monoisotopic (exact) mass is 277 g/mol. The first-order valence-corrected chi connectivity index (χ1v) is 7.78. The highest BCUT2D eigenvalue weighted by Gasteiger charge is 2.11. The smallest absolute Gasteiger partial charge is 0.203 e. The number of nitrogens with zero attached hydrogens (tertiary/aromatic N) is 2. The van der Waals surface area contributed by atoms with Gasteiger partial charge in [-0.2, -0.15) is 0 Å². The van der Waals surface area contributed by atoms with Crippen molar-refractivity contribution < 1.29 is 0 Å². The highest BCUT2D eigenvalue weighted by Crippen LogP contribution is 2.25. The standard InChI is InChI=1S/C15H23N3S/c1-5-6-9-18-10-11(2)16-15(18)17-13(4)14-8-7-12(3)19-14/h7-8,10,13H,5-6,9H2,1-4H3,(H,16,17). The van der Waals surface area contributed by atoms with E-state index in [1.165, 1.54) is 22.6 Å². The first-order valence-electron chi connectivity index (χ1n) is 6.96. The van der Waals surface area contributed by atoms with E-state index < -0.39 is 0 Å². The topological polar surface area (TPSA) is 29.9 Å². The van der Waals surface area contributed by atoms with Crippen LogP contribution in [0.1, 0.15) is 48.2 Å². The van der Waals surface area contributed by atoms with Crippen molar-refractivity contribution in [3.05, 3.63) is 33.8 Å². The number of nitrogens with one attached hydrogen (secondary N) is 1. The van der Waals surface area contributed by atoms with Gasteiger partial charge in [-0.05, 0) is 39.3 Å². The lowest BCUT2D eigenvalue weighted by atomic mass is 10.3. The molecule has 0 spiro atoms. The molecule has 1 N–H and O–H groups in total. The fourth-order valence-corrected chi connectivity index (χ4v) is 2.99. The van der Waals surface area contributed by atoms with E-state index in [0.29, 0.717) is 6.04 Å².